The second kappa shape index (κ2) is 10.2. The molecule has 31 heavy (non-hydrogen) atoms. The van der Waals surface area contributed by atoms with Crippen molar-refractivity contribution >= 4 is 29.1 Å². The quantitative estimate of drug-likeness (QED) is 0.693. The first-order chi connectivity index (χ1) is 14.9. The fourth-order valence-electron chi connectivity index (χ4n) is 3.85. The maximum atomic E-state index is 13.0. The minimum atomic E-state index is -0.331. The lowest BCUT2D eigenvalue weighted by Gasteiger charge is -2.21. The third-order valence-electron chi connectivity index (χ3n) is 5.64. The Morgan fingerprint density at radius 1 is 1.13 bits per heavy atom. The Kier molecular flexibility index (Phi) is 7.45. The number of aryl methyl sites for hydroxylation is 1. The summed E-state index contributed by atoms with van der Waals surface area (Å²) in [7, 11) is 0. The van der Waals surface area contributed by atoms with E-state index < -0.39 is 0 Å². The zero-order valence-corrected chi connectivity index (χ0v) is 18.6. The maximum Gasteiger partial charge on any atom is 0.258 e. The van der Waals surface area contributed by atoms with Gasteiger partial charge in [0.1, 0.15) is 0 Å². The molecule has 6 nitrogen and oxygen atoms in total. The van der Waals surface area contributed by atoms with E-state index in [-0.39, 0.29) is 30.1 Å². The summed E-state index contributed by atoms with van der Waals surface area (Å²) in [4.78, 5) is 41.2. The molecule has 2 aromatic carbocycles. The first kappa shape index (κ1) is 22.5. The van der Waals surface area contributed by atoms with Gasteiger partial charge in [-0.15, -0.1) is 0 Å². The number of benzene rings is 2. The van der Waals surface area contributed by atoms with E-state index in [1.165, 1.54) is 0 Å². The predicted molar refractivity (Wildman–Crippen MR) is 123 cm³/mol. The number of anilines is 2. The Morgan fingerprint density at radius 3 is 2.52 bits per heavy atom. The molecular weight excluding hydrogens is 390 g/mol. The van der Waals surface area contributed by atoms with Crippen molar-refractivity contribution in [3.8, 4) is 0 Å². The van der Waals surface area contributed by atoms with Gasteiger partial charge in [-0.3, -0.25) is 14.4 Å². The number of nitrogens with zero attached hydrogens (tertiary/aromatic N) is 2. The van der Waals surface area contributed by atoms with E-state index >= 15 is 0 Å². The van der Waals surface area contributed by atoms with Crippen LogP contribution in [0.2, 0.25) is 0 Å². The third kappa shape index (κ3) is 5.51. The van der Waals surface area contributed by atoms with Gasteiger partial charge in [-0.25, -0.2) is 0 Å². The standard InChI is InChI=1S/C25H31N3O3/c1-4-6-14-27-17-20(16-23(27)29)24(30)26-21-12-10-19(11-13-21)25(31)28(5-2)22-9-7-8-18(3)15-22/h7-13,15,20H,4-6,14,16-17H2,1-3H3,(H,26,30)/t20-/m0/s1. The first-order valence-corrected chi connectivity index (χ1v) is 11.0. The molecule has 1 saturated heterocycles. The second-order valence-electron chi connectivity index (χ2n) is 8.05. The number of carbonyl (C=O) groups is 3. The normalized spacial score (nSPS) is 15.8. The van der Waals surface area contributed by atoms with Crippen molar-refractivity contribution in [2.75, 3.05) is 29.9 Å². The van der Waals surface area contributed by atoms with Gasteiger partial charge in [0, 0.05) is 43.0 Å². The summed E-state index contributed by atoms with van der Waals surface area (Å²) < 4.78 is 0. The molecule has 0 saturated carbocycles. The average molecular weight is 422 g/mol. The van der Waals surface area contributed by atoms with Crippen molar-refractivity contribution in [3.05, 3.63) is 59.7 Å². The van der Waals surface area contributed by atoms with Crippen LogP contribution in [0.1, 0.15) is 49.0 Å². The Hall–Kier alpha value is -3.15. The molecule has 1 aliphatic heterocycles. The van der Waals surface area contributed by atoms with E-state index in [0.29, 0.717) is 30.9 Å². The lowest BCUT2D eigenvalue weighted by atomic mass is 10.1. The number of carbonyl (C=O) groups excluding carboxylic acids is 3. The molecule has 1 fully saturated rings. The summed E-state index contributed by atoms with van der Waals surface area (Å²) >= 11 is 0. The predicted octanol–water partition coefficient (Wildman–Crippen LogP) is 4.25. The number of likely N-dealkylation sites (tertiary alicyclic amines) is 1. The van der Waals surface area contributed by atoms with Gasteiger partial charge in [0.15, 0.2) is 0 Å². The highest BCUT2D eigenvalue weighted by Crippen LogP contribution is 2.22. The molecule has 0 spiro atoms. The number of nitrogens with one attached hydrogen (secondary N) is 1. The fraction of sp³-hybridized carbons (Fsp3) is 0.400. The van der Waals surface area contributed by atoms with Crippen LogP contribution in [0.4, 0.5) is 11.4 Å². The van der Waals surface area contributed by atoms with Gasteiger partial charge in [-0.05, 0) is 62.2 Å². The molecule has 0 aliphatic carbocycles. The van der Waals surface area contributed by atoms with Crippen LogP contribution in [0.5, 0.6) is 0 Å². The Balaban J connectivity index is 1.62. The van der Waals surface area contributed by atoms with Gasteiger partial charge in [0.05, 0.1) is 5.92 Å². The minimum Gasteiger partial charge on any atom is -0.342 e. The molecule has 1 N–H and O–H groups in total. The summed E-state index contributed by atoms with van der Waals surface area (Å²) in [5.41, 5.74) is 3.15. The van der Waals surface area contributed by atoms with E-state index in [1.807, 2.05) is 38.1 Å². The average Bonchev–Trinajstić information content (AvgIpc) is 3.14. The van der Waals surface area contributed by atoms with Gasteiger partial charge in [0.2, 0.25) is 11.8 Å². The monoisotopic (exact) mass is 421 g/mol. The number of unbranched alkanes of at least 4 members (excludes halogenated alkanes) is 1. The van der Waals surface area contributed by atoms with Crippen LogP contribution in [-0.2, 0) is 9.59 Å². The lowest BCUT2D eigenvalue weighted by Crippen LogP contribution is -2.30. The topological polar surface area (TPSA) is 69.7 Å². The van der Waals surface area contributed by atoms with E-state index in [4.69, 9.17) is 0 Å². The molecule has 3 amide bonds. The van der Waals surface area contributed by atoms with Crippen molar-refractivity contribution in [2.45, 2.75) is 40.0 Å². The molecule has 2 aromatic rings. The van der Waals surface area contributed by atoms with Crippen LogP contribution < -0.4 is 10.2 Å². The molecule has 3 rings (SSSR count). The van der Waals surface area contributed by atoms with Gasteiger partial charge >= 0.3 is 0 Å². The smallest absolute Gasteiger partial charge is 0.258 e. The highest BCUT2D eigenvalue weighted by Gasteiger charge is 2.33. The second-order valence-corrected chi connectivity index (χ2v) is 8.05. The molecule has 0 aromatic heterocycles. The number of rotatable bonds is 8. The van der Waals surface area contributed by atoms with Gasteiger partial charge in [-0.1, -0.05) is 25.5 Å². The Morgan fingerprint density at radius 2 is 1.87 bits per heavy atom. The number of hydrogen-bond acceptors (Lipinski definition) is 3. The zero-order valence-electron chi connectivity index (χ0n) is 18.6. The highest BCUT2D eigenvalue weighted by atomic mass is 16.2. The summed E-state index contributed by atoms with van der Waals surface area (Å²) in [6, 6.07) is 14.8. The first-order valence-electron chi connectivity index (χ1n) is 11.0. The maximum absolute atomic E-state index is 13.0. The van der Waals surface area contributed by atoms with Crippen molar-refractivity contribution in [1.29, 1.82) is 0 Å². The van der Waals surface area contributed by atoms with Crippen LogP contribution in [0.25, 0.3) is 0 Å². The van der Waals surface area contributed by atoms with Crippen LogP contribution in [0.15, 0.2) is 48.5 Å². The van der Waals surface area contributed by atoms with Crippen LogP contribution in [0, 0.1) is 12.8 Å². The molecular formula is C25H31N3O3. The molecule has 1 heterocycles. The van der Waals surface area contributed by atoms with Crippen molar-refractivity contribution in [3.63, 3.8) is 0 Å². The third-order valence-corrected chi connectivity index (χ3v) is 5.64. The summed E-state index contributed by atoms with van der Waals surface area (Å²) in [6.45, 7) is 7.78. The molecule has 0 bridgehead atoms. The summed E-state index contributed by atoms with van der Waals surface area (Å²) in [5.74, 6) is -0.520. The van der Waals surface area contributed by atoms with E-state index in [1.54, 1.807) is 34.1 Å². The lowest BCUT2D eigenvalue weighted by molar-refractivity contribution is -0.128. The van der Waals surface area contributed by atoms with Crippen LogP contribution >= 0.6 is 0 Å². The molecule has 1 atom stereocenters. The fourth-order valence-corrected chi connectivity index (χ4v) is 3.85. The molecule has 0 unspecified atom stereocenters. The van der Waals surface area contributed by atoms with E-state index in [2.05, 4.69) is 12.2 Å². The number of hydrogen-bond donors (Lipinski definition) is 1. The van der Waals surface area contributed by atoms with E-state index in [9.17, 15) is 14.4 Å². The van der Waals surface area contributed by atoms with Gasteiger partial charge in [0.25, 0.3) is 5.91 Å². The zero-order chi connectivity index (χ0) is 22.4. The van der Waals surface area contributed by atoms with Crippen LogP contribution in [-0.4, -0.2) is 42.3 Å². The summed E-state index contributed by atoms with van der Waals surface area (Å²) in [6.07, 6.45) is 2.23. The Labute approximate surface area is 184 Å². The van der Waals surface area contributed by atoms with Gasteiger partial charge in [-0.2, -0.15) is 0 Å². The van der Waals surface area contributed by atoms with Crippen molar-refractivity contribution in [1.82, 2.24) is 4.90 Å². The SMILES string of the molecule is CCCCN1C[C@@H](C(=O)Nc2ccc(C(=O)N(CC)c3cccc(C)c3)cc2)CC1=O. The molecule has 1 aliphatic rings. The summed E-state index contributed by atoms with van der Waals surface area (Å²) in [5, 5.41) is 2.89. The number of amides is 3. The molecule has 164 valence electrons. The largest absolute Gasteiger partial charge is 0.342 e. The molecule has 6 heteroatoms. The van der Waals surface area contributed by atoms with Crippen molar-refractivity contribution < 1.29 is 14.4 Å². The highest BCUT2D eigenvalue weighted by molar-refractivity contribution is 6.06. The minimum absolute atomic E-state index is 0.0466. The van der Waals surface area contributed by atoms with Crippen LogP contribution in [0.3, 0.4) is 0 Å². The van der Waals surface area contributed by atoms with Crippen molar-refractivity contribution in [2.24, 2.45) is 5.92 Å². The van der Waals surface area contributed by atoms with Gasteiger partial charge < -0.3 is 15.1 Å². The Bertz CT molecular complexity index is 939. The van der Waals surface area contributed by atoms with E-state index in [0.717, 1.165) is 24.1 Å². The molecule has 0 radical (unpaired) electrons.